The van der Waals surface area contributed by atoms with Gasteiger partial charge in [0.25, 0.3) is 0 Å². The Bertz CT molecular complexity index is 668. The lowest BCUT2D eigenvalue weighted by Crippen LogP contribution is -2.49. The van der Waals surface area contributed by atoms with Crippen LogP contribution in [0.25, 0.3) is 0 Å². The molecule has 1 aromatic rings. The van der Waals surface area contributed by atoms with Crippen LogP contribution in [0.15, 0.2) is 21.7 Å². The number of urea groups is 1. The van der Waals surface area contributed by atoms with Crippen LogP contribution in [-0.2, 0) is 14.8 Å². The average molecular weight is 389 g/mol. The standard InChI is InChI=1S/C15H24N4O4S2/c1-2-7-16-15(21)17-13(20)11-19-8-5-12(6-9-19)18-25(22,23)14-4-3-10-24-14/h3-4,10,12,18H,2,5-9,11H2,1H3,(H2,16,17,20,21). The highest BCUT2D eigenvalue weighted by Gasteiger charge is 2.26. The van der Waals surface area contributed by atoms with E-state index in [1.54, 1.807) is 17.5 Å². The van der Waals surface area contributed by atoms with E-state index in [1.807, 2.05) is 11.8 Å². The highest BCUT2D eigenvalue weighted by atomic mass is 32.2. The van der Waals surface area contributed by atoms with E-state index >= 15 is 0 Å². The fourth-order valence-electron chi connectivity index (χ4n) is 2.55. The molecule has 1 aliphatic rings. The molecule has 1 fully saturated rings. The van der Waals surface area contributed by atoms with Crippen LogP contribution in [0.4, 0.5) is 4.79 Å². The average Bonchev–Trinajstić information content (AvgIpc) is 3.10. The van der Waals surface area contributed by atoms with Gasteiger partial charge in [0.15, 0.2) is 0 Å². The molecular formula is C15H24N4O4S2. The maximum Gasteiger partial charge on any atom is 0.321 e. The van der Waals surface area contributed by atoms with Gasteiger partial charge < -0.3 is 5.32 Å². The van der Waals surface area contributed by atoms with Crippen molar-refractivity contribution >= 4 is 33.3 Å². The molecule has 0 bridgehead atoms. The number of rotatable bonds is 7. The molecule has 1 aliphatic heterocycles. The first-order valence-electron chi connectivity index (χ1n) is 8.26. The van der Waals surface area contributed by atoms with Crippen LogP contribution in [0.3, 0.4) is 0 Å². The van der Waals surface area contributed by atoms with E-state index in [0.29, 0.717) is 36.7 Å². The van der Waals surface area contributed by atoms with Crippen molar-refractivity contribution < 1.29 is 18.0 Å². The van der Waals surface area contributed by atoms with E-state index in [1.165, 1.54) is 11.3 Å². The summed E-state index contributed by atoms with van der Waals surface area (Å²) < 4.78 is 27.4. The van der Waals surface area contributed by atoms with Crippen molar-refractivity contribution in [3.05, 3.63) is 17.5 Å². The van der Waals surface area contributed by atoms with Crippen LogP contribution in [-0.4, -0.2) is 57.5 Å². The summed E-state index contributed by atoms with van der Waals surface area (Å²) in [7, 11) is -3.46. The van der Waals surface area contributed by atoms with Gasteiger partial charge in [0.2, 0.25) is 15.9 Å². The Hall–Kier alpha value is -1.49. The molecular weight excluding hydrogens is 364 g/mol. The molecule has 0 unspecified atom stereocenters. The van der Waals surface area contributed by atoms with Gasteiger partial charge in [-0.1, -0.05) is 13.0 Å². The summed E-state index contributed by atoms with van der Waals surface area (Å²) in [4.78, 5) is 25.2. The third kappa shape index (κ3) is 6.38. The van der Waals surface area contributed by atoms with Gasteiger partial charge in [0, 0.05) is 25.7 Å². The first-order valence-corrected chi connectivity index (χ1v) is 10.6. The zero-order valence-corrected chi connectivity index (χ0v) is 15.8. The molecule has 0 aliphatic carbocycles. The number of piperidine rings is 1. The molecule has 0 atom stereocenters. The molecule has 1 saturated heterocycles. The number of nitrogens with one attached hydrogen (secondary N) is 3. The number of thiophene rings is 1. The van der Waals surface area contributed by atoms with Crippen molar-refractivity contribution in [3.8, 4) is 0 Å². The summed E-state index contributed by atoms with van der Waals surface area (Å²) in [6, 6.07) is 2.66. The minimum atomic E-state index is -3.46. The first-order chi connectivity index (χ1) is 11.9. The Kier molecular flexibility index (Phi) is 7.36. The minimum Gasteiger partial charge on any atom is -0.338 e. The molecule has 0 spiro atoms. The molecule has 2 rings (SSSR count). The molecule has 0 aromatic carbocycles. The van der Waals surface area contributed by atoms with Crippen molar-refractivity contribution in [2.24, 2.45) is 0 Å². The van der Waals surface area contributed by atoms with Crippen LogP contribution in [0.2, 0.25) is 0 Å². The zero-order valence-electron chi connectivity index (χ0n) is 14.2. The summed E-state index contributed by atoms with van der Waals surface area (Å²) in [6.45, 7) is 3.78. The molecule has 0 radical (unpaired) electrons. The predicted octanol–water partition coefficient (Wildman–Crippen LogP) is 0.727. The minimum absolute atomic E-state index is 0.129. The number of likely N-dealkylation sites (tertiary alicyclic amines) is 1. The molecule has 2 heterocycles. The van der Waals surface area contributed by atoms with Gasteiger partial charge in [-0.15, -0.1) is 11.3 Å². The second-order valence-electron chi connectivity index (χ2n) is 5.91. The van der Waals surface area contributed by atoms with Crippen LogP contribution in [0, 0.1) is 0 Å². The predicted molar refractivity (Wildman–Crippen MR) is 95.9 cm³/mol. The highest BCUT2D eigenvalue weighted by molar-refractivity contribution is 7.91. The topological polar surface area (TPSA) is 108 Å². The monoisotopic (exact) mass is 388 g/mol. The number of sulfonamides is 1. The Morgan fingerprint density at radius 1 is 1.32 bits per heavy atom. The van der Waals surface area contributed by atoms with Gasteiger partial charge in [-0.25, -0.2) is 17.9 Å². The second kappa shape index (κ2) is 9.27. The second-order valence-corrected chi connectivity index (χ2v) is 8.80. The van der Waals surface area contributed by atoms with E-state index in [2.05, 4.69) is 15.4 Å². The van der Waals surface area contributed by atoms with Crippen LogP contribution < -0.4 is 15.4 Å². The van der Waals surface area contributed by atoms with E-state index < -0.39 is 16.1 Å². The number of hydrogen-bond donors (Lipinski definition) is 3. The third-order valence-electron chi connectivity index (χ3n) is 3.83. The highest BCUT2D eigenvalue weighted by Crippen LogP contribution is 2.18. The first kappa shape index (κ1) is 19.8. The summed E-state index contributed by atoms with van der Waals surface area (Å²) in [5.74, 6) is -0.355. The van der Waals surface area contributed by atoms with Crippen molar-refractivity contribution in [2.45, 2.75) is 36.4 Å². The molecule has 1 aromatic heterocycles. The smallest absolute Gasteiger partial charge is 0.321 e. The van der Waals surface area contributed by atoms with Gasteiger partial charge in [0.05, 0.1) is 6.54 Å². The third-order valence-corrected chi connectivity index (χ3v) is 6.74. The van der Waals surface area contributed by atoms with Crippen molar-refractivity contribution in [1.29, 1.82) is 0 Å². The quantitative estimate of drug-likeness (QED) is 0.638. The lowest BCUT2D eigenvalue weighted by Gasteiger charge is -2.31. The van der Waals surface area contributed by atoms with Crippen molar-refractivity contribution in [2.75, 3.05) is 26.2 Å². The van der Waals surface area contributed by atoms with Crippen LogP contribution in [0.5, 0.6) is 0 Å². The normalized spacial score (nSPS) is 16.5. The number of carbonyl (C=O) groups is 2. The SMILES string of the molecule is CCCNC(=O)NC(=O)CN1CCC(NS(=O)(=O)c2cccs2)CC1. The van der Waals surface area contributed by atoms with E-state index in [0.717, 1.165) is 6.42 Å². The fourth-order valence-corrected chi connectivity index (χ4v) is 4.87. The maximum atomic E-state index is 12.2. The summed E-state index contributed by atoms with van der Waals surface area (Å²) in [6.07, 6.45) is 2.05. The molecule has 8 nitrogen and oxygen atoms in total. The molecule has 10 heteroatoms. The van der Waals surface area contributed by atoms with Gasteiger partial charge in [-0.05, 0) is 30.7 Å². The lowest BCUT2D eigenvalue weighted by atomic mass is 10.1. The van der Waals surface area contributed by atoms with E-state index in [9.17, 15) is 18.0 Å². The molecule has 25 heavy (non-hydrogen) atoms. The van der Waals surface area contributed by atoms with Crippen molar-refractivity contribution in [3.63, 3.8) is 0 Å². The van der Waals surface area contributed by atoms with Crippen molar-refractivity contribution in [1.82, 2.24) is 20.3 Å². The van der Waals surface area contributed by atoms with Gasteiger partial charge in [-0.3, -0.25) is 15.0 Å². The number of nitrogens with zero attached hydrogens (tertiary/aromatic N) is 1. The Labute approximate surface area is 152 Å². The zero-order chi connectivity index (χ0) is 18.3. The van der Waals surface area contributed by atoms with Gasteiger partial charge in [-0.2, -0.15) is 0 Å². The molecule has 3 N–H and O–H groups in total. The maximum absolute atomic E-state index is 12.2. The summed E-state index contributed by atoms with van der Waals surface area (Å²) in [5.41, 5.74) is 0. The summed E-state index contributed by atoms with van der Waals surface area (Å²) >= 11 is 1.19. The molecule has 3 amide bonds. The fraction of sp³-hybridized carbons (Fsp3) is 0.600. The Morgan fingerprint density at radius 3 is 2.64 bits per heavy atom. The lowest BCUT2D eigenvalue weighted by molar-refractivity contribution is -0.121. The van der Waals surface area contributed by atoms with Gasteiger partial charge in [0.1, 0.15) is 4.21 Å². The Morgan fingerprint density at radius 2 is 2.04 bits per heavy atom. The summed E-state index contributed by atoms with van der Waals surface area (Å²) in [5, 5.41) is 6.60. The Balaban J connectivity index is 1.72. The van der Waals surface area contributed by atoms with Gasteiger partial charge >= 0.3 is 6.03 Å². The number of amides is 3. The van der Waals surface area contributed by atoms with Crippen LogP contribution >= 0.6 is 11.3 Å². The number of carbonyl (C=O) groups excluding carboxylic acids is 2. The molecule has 0 saturated carbocycles. The molecule has 140 valence electrons. The van der Waals surface area contributed by atoms with Crippen LogP contribution in [0.1, 0.15) is 26.2 Å². The number of hydrogen-bond acceptors (Lipinski definition) is 6. The van der Waals surface area contributed by atoms with E-state index in [4.69, 9.17) is 0 Å². The largest absolute Gasteiger partial charge is 0.338 e. The van der Waals surface area contributed by atoms with E-state index in [-0.39, 0.29) is 18.5 Å². The number of imide groups is 1.